The summed E-state index contributed by atoms with van der Waals surface area (Å²) in [5.41, 5.74) is -0.122. The summed E-state index contributed by atoms with van der Waals surface area (Å²) in [6.45, 7) is 0. The summed E-state index contributed by atoms with van der Waals surface area (Å²) < 4.78 is 167. The number of aryl methyl sites for hydroxylation is 1. The first-order valence-corrected chi connectivity index (χ1v) is 6.82. The Hall–Kier alpha value is -1.69. The average molecular weight is 424 g/mol. The van der Waals surface area contributed by atoms with E-state index < -0.39 is 48.6 Å². The molecule has 0 aliphatic heterocycles. The number of hydrogen-bond acceptors (Lipinski definition) is 0. The van der Waals surface area contributed by atoms with Crippen LogP contribution in [0.2, 0.25) is 0 Å². The molecule has 0 aliphatic rings. The molecule has 1 aromatic rings. The molecule has 27 heavy (non-hydrogen) atoms. The van der Waals surface area contributed by atoms with Crippen LogP contribution in [0.4, 0.5) is 57.1 Å². The van der Waals surface area contributed by atoms with Gasteiger partial charge in [0.15, 0.2) is 0 Å². The molecule has 0 aliphatic carbocycles. The van der Waals surface area contributed by atoms with Gasteiger partial charge in [0.1, 0.15) is 0 Å². The summed E-state index contributed by atoms with van der Waals surface area (Å²) in [5.74, 6) is -36.5. The molecule has 0 N–H and O–H groups in total. The van der Waals surface area contributed by atoms with Gasteiger partial charge in [-0.2, -0.15) is 57.1 Å². The molecule has 0 bridgehead atoms. The zero-order valence-corrected chi connectivity index (χ0v) is 12.7. The molecule has 1 aromatic carbocycles. The van der Waals surface area contributed by atoms with Gasteiger partial charge in [0, 0.05) is 6.42 Å². The van der Waals surface area contributed by atoms with Gasteiger partial charge in [0.05, 0.1) is 0 Å². The molecule has 0 saturated heterocycles. The van der Waals surface area contributed by atoms with Crippen molar-refractivity contribution >= 4 is 0 Å². The summed E-state index contributed by atoms with van der Waals surface area (Å²) in [5, 5.41) is 0. The Balaban J connectivity index is 3.24. The quantitative estimate of drug-likeness (QED) is 0.447. The van der Waals surface area contributed by atoms with Crippen LogP contribution in [0, 0.1) is 0 Å². The van der Waals surface area contributed by atoms with Gasteiger partial charge in [-0.05, 0) is 12.0 Å². The van der Waals surface area contributed by atoms with Crippen molar-refractivity contribution in [3.05, 3.63) is 35.9 Å². The Kier molecular flexibility index (Phi) is 5.82. The molecule has 0 amide bonds. The fourth-order valence-corrected chi connectivity index (χ4v) is 1.91. The van der Waals surface area contributed by atoms with Gasteiger partial charge < -0.3 is 0 Å². The van der Waals surface area contributed by atoms with Gasteiger partial charge in [-0.3, -0.25) is 0 Å². The van der Waals surface area contributed by atoms with Crippen molar-refractivity contribution in [3.8, 4) is 0 Å². The minimum Gasteiger partial charge on any atom is -0.200 e. The van der Waals surface area contributed by atoms with Crippen molar-refractivity contribution in [2.75, 3.05) is 0 Å². The lowest BCUT2D eigenvalue weighted by Crippen LogP contribution is -2.70. The summed E-state index contributed by atoms with van der Waals surface area (Å²) in [6.07, 6.45) is -10.7. The normalized spacial score (nSPS) is 15.1. The first kappa shape index (κ1) is 23.3. The highest BCUT2D eigenvalue weighted by molar-refractivity contribution is 5.16. The van der Waals surface area contributed by atoms with Crippen molar-refractivity contribution in [1.29, 1.82) is 0 Å². The van der Waals surface area contributed by atoms with Gasteiger partial charge >= 0.3 is 35.8 Å². The largest absolute Gasteiger partial charge is 0.460 e. The molecule has 0 atom stereocenters. The lowest BCUT2D eigenvalue weighted by molar-refractivity contribution is -0.440. The van der Waals surface area contributed by atoms with Crippen LogP contribution in [0.15, 0.2) is 30.3 Å². The second-order valence-corrected chi connectivity index (χ2v) is 5.49. The Labute approximate surface area is 143 Å². The number of hydrogen-bond donors (Lipinski definition) is 0. The van der Waals surface area contributed by atoms with E-state index in [0.29, 0.717) is 0 Å². The Morgan fingerprint density at radius 2 is 0.926 bits per heavy atom. The molecule has 13 heteroatoms. The zero-order chi connectivity index (χ0) is 21.5. The molecule has 1 rings (SSSR count). The first-order valence-electron chi connectivity index (χ1n) is 6.82. The number of benzene rings is 1. The lowest BCUT2D eigenvalue weighted by Gasteiger charge is -2.39. The maximum Gasteiger partial charge on any atom is 0.460 e. The second-order valence-electron chi connectivity index (χ2n) is 5.49. The van der Waals surface area contributed by atoms with Crippen molar-refractivity contribution < 1.29 is 57.1 Å². The molecule has 0 nitrogen and oxygen atoms in total. The molecule has 0 fully saturated rings. The molecule has 0 aromatic heterocycles. The molecular weight excluding hydrogens is 415 g/mol. The SMILES string of the molecule is FC(F)(F)C(F)(F)C(F)(F)C(F)(F)C(F)(F)C(F)(F)CCc1ccccc1. The average Bonchev–Trinajstić information content (AvgIpc) is 2.52. The molecule has 156 valence electrons. The van der Waals surface area contributed by atoms with Crippen LogP contribution in [-0.4, -0.2) is 35.8 Å². The standard InChI is InChI=1S/C14H9F13/c15-9(16,7-6-8-4-2-1-3-5-8)10(17,18)11(19,20)12(21,22)13(23,24)14(25,26)27/h1-5H,6-7H2. The number of halogens is 13. The van der Waals surface area contributed by atoms with Crippen LogP contribution in [0.3, 0.4) is 0 Å². The van der Waals surface area contributed by atoms with Crippen LogP contribution in [0.1, 0.15) is 12.0 Å². The Morgan fingerprint density at radius 3 is 1.33 bits per heavy atom. The minimum absolute atomic E-state index is 0.122. The molecule has 0 radical (unpaired) electrons. The van der Waals surface area contributed by atoms with Crippen LogP contribution in [-0.2, 0) is 6.42 Å². The van der Waals surface area contributed by atoms with E-state index in [2.05, 4.69) is 0 Å². The highest BCUT2D eigenvalue weighted by Gasteiger charge is 2.90. The fourth-order valence-electron chi connectivity index (χ4n) is 1.91. The lowest BCUT2D eigenvalue weighted by atomic mass is 9.91. The summed E-state index contributed by atoms with van der Waals surface area (Å²) >= 11 is 0. The van der Waals surface area contributed by atoms with Gasteiger partial charge in [-0.1, -0.05) is 30.3 Å². The summed E-state index contributed by atoms with van der Waals surface area (Å²) in [6, 6.07) is 6.00. The maximum absolute atomic E-state index is 13.5. The molecular formula is C14H9F13. The predicted octanol–water partition coefficient (Wildman–Crippen LogP) is 6.36. The van der Waals surface area contributed by atoms with Gasteiger partial charge in [0.2, 0.25) is 0 Å². The molecule has 0 unspecified atom stereocenters. The van der Waals surface area contributed by atoms with Gasteiger partial charge in [0.25, 0.3) is 0 Å². The fraction of sp³-hybridized carbons (Fsp3) is 0.571. The Bertz CT molecular complexity index is 630. The van der Waals surface area contributed by atoms with E-state index in [4.69, 9.17) is 0 Å². The molecule has 0 heterocycles. The molecule has 0 saturated carbocycles. The van der Waals surface area contributed by atoms with Crippen LogP contribution >= 0.6 is 0 Å². The highest BCUT2D eigenvalue weighted by atomic mass is 19.4. The third-order valence-corrected chi connectivity index (χ3v) is 3.57. The van der Waals surface area contributed by atoms with Crippen molar-refractivity contribution in [2.45, 2.75) is 48.6 Å². The van der Waals surface area contributed by atoms with Crippen molar-refractivity contribution in [1.82, 2.24) is 0 Å². The van der Waals surface area contributed by atoms with Crippen molar-refractivity contribution in [3.63, 3.8) is 0 Å². The third-order valence-electron chi connectivity index (χ3n) is 3.57. The van der Waals surface area contributed by atoms with E-state index >= 15 is 0 Å². The van der Waals surface area contributed by atoms with E-state index in [9.17, 15) is 57.1 Å². The number of alkyl halides is 13. The zero-order valence-electron chi connectivity index (χ0n) is 12.7. The monoisotopic (exact) mass is 424 g/mol. The topological polar surface area (TPSA) is 0 Å². The summed E-state index contributed by atoms with van der Waals surface area (Å²) in [4.78, 5) is 0. The van der Waals surface area contributed by atoms with E-state index in [0.717, 1.165) is 12.1 Å². The first-order chi connectivity index (χ1) is 11.8. The van der Waals surface area contributed by atoms with E-state index in [1.807, 2.05) is 0 Å². The van der Waals surface area contributed by atoms with E-state index in [1.54, 1.807) is 0 Å². The van der Waals surface area contributed by atoms with E-state index in [1.165, 1.54) is 18.2 Å². The van der Waals surface area contributed by atoms with Crippen molar-refractivity contribution in [2.24, 2.45) is 0 Å². The minimum atomic E-state index is -7.85. The van der Waals surface area contributed by atoms with Gasteiger partial charge in [-0.25, -0.2) is 0 Å². The maximum atomic E-state index is 13.5. The van der Waals surface area contributed by atoms with Crippen LogP contribution in [0.25, 0.3) is 0 Å². The smallest absolute Gasteiger partial charge is 0.200 e. The predicted molar refractivity (Wildman–Crippen MR) is 65.6 cm³/mol. The second kappa shape index (κ2) is 6.73. The van der Waals surface area contributed by atoms with Crippen LogP contribution in [0.5, 0.6) is 0 Å². The van der Waals surface area contributed by atoms with Gasteiger partial charge in [-0.15, -0.1) is 0 Å². The van der Waals surface area contributed by atoms with E-state index in [-0.39, 0.29) is 5.56 Å². The third kappa shape index (κ3) is 3.68. The van der Waals surface area contributed by atoms with Crippen LogP contribution < -0.4 is 0 Å². The number of rotatable bonds is 7. The highest BCUT2D eigenvalue weighted by Crippen LogP contribution is 2.60. The molecule has 0 spiro atoms. The Morgan fingerprint density at radius 1 is 0.519 bits per heavy atom. The summed E-state index contributed by atoms with van der Waals surface area (Å²) in [7, 11) is 0.